The van der Waals surface area contributed by atoms with E-state index >= 15 is 0 Å². The van der Waals surface area contributed by atoms with E-state index < -0.39 is 0 Å². The van der Waals surface area contributed by atoms with Crippen LogP contribution in [0.5, 0.6) is 5.75 Å². The first-order valence-electron chi connectivity index (χ1n) is 4.67. The molecule has 0 amide bonds. The SMILES string of the molecule is COc1cccc(CCCCF)c1Br. The van der Waals surface area contributed by atoms with Gasteiger partial charge in [-0.25, -0.2) is 0 Å². The number of halogens is 2. The molecule has 0 bridgehead atoms. The highest BCUT2D eigenvalue weighted by molar-refractivity contribution is 9.10. The van der Waals surface area contributed by atoms with Crippen molar-refractivity contribution in [1.29, 1.82) is 0 Å². The molecular weight excluding hydrogens is 247 g/mol. The summed E-state index contributed by atoms with van der Waals surface area (Å²) in [5.41, 5.74) is 1.18. The maximum Gasteiger partial charge on any atom is 0.133 e. The fourth-order valence-corrected chi connectivity index (χ4v) is 1.94. The van der Waals surface area contributed by atoms with Crippen molar-refractivity contribution < 1.29 is 9.13 Å². The van der Waals surface area contributed by atoms with Crippen LogP contribution < -0.4 is 4.74 Å². The van der Waals surface area contributed by atoms with E-state index in [-0.39, 0.29) is 6.67 Å². The maximum atomic E-state index is 11.9. The Labute approximate surface area is 92.4 Å². The van der Waals surface area contributed by atoms with Gasteiger partial charge in [0.15, 0.2) is 0 Å². The van der Waals surface area contributed by atoms with Crippen molar-refractivity contribution in [2.45, 2.75) is 19.3 Å². The summed E-state index contributed by atoms with van der Waals surface area (Å²) in [5, 5.41) is 0. The molecule has 0 saturated heterocycles. The molecule has 0 aliphatic heterocycles. The molecule has 0 aliphatic rings. The Morgan fingerprint density at radius 3 is 2.79 bits per heavy atom. The summed E-state index contributed by atoms with van der Waals surface area (Å²) < 4.78 is 18.1. The molecule has 1 nitrogen and oxygen atoms in total. The quantitative estimate of drug-likeness (QED) is 0.733. The number of hydrogen-bond acceptors (Lipinski definition) is 1. The fourth-order valence-electron chi connectivity index (χ4n) is 1.32. The molecule has 0 fully saturated rings. The molecule has 0 heterocycles. The molecule has 1 rings (SSSR count). The van der Waals surface area contributed by atoms with Gasteiger partial charge >= 0.3 is 0 Å². The number of unbranched alkanes of at least 4 members (excludes halogenated alkanes) is 1. The highest BCUT2D eigenvalue weighted by Crippen LogP contribution is 2.29. The largest absolute Gasteiger partial charge is 0.496 e. The third kappa shape index (κ3) is 2.98. The van der Waals surface area contributed by atoms with Gasteiger partial charge < -0.3 is 4.74 Å². The number of rotatable bonds is 5. The van der Waals surface area contributed by atoms with Crippen LogP contribution in [0.1, 0.15) is 18.4 Å². The zero-order chi connectivity index (χ0) is 10.4. The molecule has 0 saturated carbocycles. The first-order chi connectivity index (χ1) is 6.79. The first kappa shape index (κ1) is 11.5. The molecule has 0 unspecified atom stereocenters. The summed E-state index contributed by atoms with van der Waals surface area (Å²) in [4.78, 5) is 0. The van der Waals surface area contributed by atoms with E-state index in [9.17, 15) is 4.39 Å². The number of hydrogen-bond donors (Lipinski definition) is 0. The summed E-state index contributed by atoms with van der Waals surface area (Å²) >= 11 is 3.47. The molecule has 0 radical (unpaired) electrons. The smallest absolute Gasteiger partial charge is 0.133 e. The van der Waals surface area contributed by atoms with Crippen molar-refractivity contribution in [3.05, 3.63) is 28.2 Å². The Kier molecular flexibility index (Phi) is 4.94. The van der Waals surface area contributed by atoms with Gasteiger partial charge in [-0.15, -0.1) is 0 Å². The second kappa shape index (κ2) is 6.02. The summed E-state index contributed by atoms with van der Waals surface area (Å²) in [6, 6.07) is 5.89. The fraction of sp³-hybridized carbons (Fsp3) is 0.455. The first-order valence-corrected chi connectivity index (χ1v) is 5.46. The Bertz CT molecular complexity index is 289. The van der Waals surface area contributed by atoms with E-state index in [1.165, 1.54) is 5.56 Å². The molecule has 0 atom stereocenters. The van der Waals surface area contributed by atoms with Gasteiger partial charge in [-0.05, 0) is 46.8 Å². The molecule has 1 aromatic rings. The van der Waals surface area contributed by atoms with Crippen molar-refractivity contribution in [2.75, 3.05) is 13.8 Å². The van der Waals surface area contributed by atoms with Gasteiger partial charge in [0.05, 0.1) is 18.3 Å². The number of ether oxygens (including phenoxy) is 1. The third-order valence-electron chi connectivity index (χ3n) is 2.09. The molecule has 1 aromatic carbocycles. The maximum absolute atomic E-state index is 11.9. The van der Waals surface area contributed by atoms with E-state index in [0.717, 1.165) is 23.1 Å². The highest BCUT2D eigenvalue weighted by Gasteiger charge is 2.04. The van der Waals surface area contributed by atoms with Gasteiger partial charge in [0.2, 0.25) is 0 Å². The van der Waals surface area contributed by atoms with Gasteiger partial charge in [0, 0.05) is 0 Å². The predicted molar refractivity (Wildman–Crippen MR) is 59.6 cm³/mol. The average molecular weight is 261 g/mol. The van der Waals surface area contributed by atoms with E-state index in [0.29, 0.717) is 6.42 Å². The lowest BCUT2D eigenvalue weighted by Gasteiger charge is -2.07. The van der Waals surface area contributed by atoms with Crippen molar-refractivity contribution in [2.24, 2.45) is 0 Å². The number of aryl methyl sites for hydroxylation is 1. The zero-order valence-corrected chi connectivity index (χ0v) is 9.81. The van der Waals surface area contributed by atoms with Crippen LogP contribution in [0.25, 0.3) is 0 Å². The topological polar surface area (TPSA) is 9.23 Å². The summed E-state index contributed by atoms with van der Waals surface area (Å²) in [6.07, 6.45) is 2.40. The lowest BCUT2D eigenvalue weighted by Crippen LogP contribution is -1.91. The van der Waals surface area contributed by atoms with Crippen molar-refractivity contribution >= 4 is 15.9 Å². The van der Waals surface area contributed by atoms with Crippen molar-refractivity contribution in [3.8, 4) is 5.75 Å². The van der Waals surface area contributed by atoms with E-state index in [2.05, 4.69) is 15.9 Å². The Morgan fingerprint density at radius 2 is 2.14 bits per heavy atom. The Morgan fingerprint density at radius 1 is 1.36 bits per heavy atom. The lowest BCUT2D eigenvalue weighted by molar-refractivity contribution is 0.411. The van der Waals surface area contributed by atoms with Crippen LogP contribution in [0.15, 0.2) is 22.7 Å². The molecule has 14 heavy (non-hydrogen) atoms. The van der Waals surface area contributed by atoms with Gasteiger partial charge in [-0.2, -0.15) is 0 Å². The summed E-state index contributed by atoms with van der Waals surface area (Å²) in [6.45, 7) is -0.235. The summed E-state index contributed by atoms with van der Waals surface area (Å²) in [5.74, 6) is 0.836. The van der Waals surface area contributed by atoms with Gasteiger partial charge in [0.25, 0.3) is 0 Å². The second-order valence-corrected chi connectivity index (χ2v) is 3.87. The van der Waals surface area contributed by atoms with E-state index in [1.807, 2.05) is 18.2 Å². The van der Waals surface area contributed by atoms with E-state index in [4.69, 9.17) is 4.74 Å². The van der Waals surface area contributed by atoms with Gasteiger partial charge in [-0.1, -0.05) is 12.1 Å². The van der Waals surface area contributed by atoms with Crippen LogP contribution in [0.3, 0.4) is 0 Å². The molecule has 3 heteroatoms. The average Bonchev–Trinajstić information content (AvgIpc) is 2.21. The minimum absolute atomic E-state index is 0.235. The minimum atomic E-state index is -0.235. The van der Waals surface area contributed by atoms with Crippen LogP contribution in [-0.4, -0.2) is 13.8 Å². The number of alkyl halides is 1. The van der Waals surface area contributed by atoms with Crippen LogP contribution in [0.2, 0.25) is 0 Å². The number of methoxy groups -OCH3 is 1. The lowest BCUT2D eigenvalue weighted by atomic mass is 10.1. The number of benzene rings is 1. The van der Waals surface area contributed by atoms with Gasteiger partial charge in [0.1, 0.15) is 5.75 Å². The van der Waals surface area contributed by atoms with Crippen molar-refractivity contribution in [1.82, 2.24) is 0 Å². The van der Waals surface area contributed by atoms with Crippen LogP contribution in [-0.2, 0) is 6.42 Å². The summed E-state index contributed by atoms with van der Waals surface area (Å²) in [7, 11) is 1.64. The van der Waals surface area contributed by atoms with E-state index in [1.54, 1.807) is 7.11 Å². The molecular formula is C11H14BrFO. The second-order valence-electron chi connectivity index (χ2n) is 3.08. The minimum Gasteiger partial charge on any atom is -0.496 e. The van der Waals surface area contributed by atoms with Crippen LogP contribution in [0.4, 0.5) is 4.39 Å². The monoisotopic (exact) mass is 260 g/mol. The predicted octanol–water partition coefficient (Wildman–Crippen LogP) is 3.75. The third-order valence-corrected chi connectivity index (χ3v) is 2.99. The molecule has 0 N–H and O–H groups in total. The molecule has 0 aliphatic carbocycles. The molecule has 0 spiro atoms. The standard InChI is InChI=1S/C11H14BrFO/c1-14-10-7-4-6-9(11(10)12)5-2-3-8-13/h4,6-7H,2-3,5,8H2,1H3. The molecule has 78 valence electrons. The zero-order valence-electron chi connectivity index (χ0n) is 8.22. The Hall–Kier alpha value is -0.570. The van der Waals surface area contributed by atoms with Crippen molar-refractivity contribution in [3.63, 3.8) is 0 Å². The normalized spacial score (nSPS) is 10.2. The highest BCUT2D eigenvalue weighted by atomic mass is 79.9. The van der Waals surface area contributed by atoms with Gasteiger partial charge in [-0.3, -0.25) is 4.39 Å². The molecule has 0 aromatic heterocycles. The Balaban J connectivity index is 2.66. The van der Waals surface area contributed by atoms with Crippen LogP contribution >= 0.6 is 15.9 Å². The van der Waals surface area contributed by atoms with Crippen LogP contribution in [0, 0.1) is 0 Å².